The van der Waals surface area contributed by atoms with Crippen molar-refractivity contribution < 1.29 is 14.6 Å². The lowest BCUT2D eigenvalue weighted by molar-refractivity contribution is -0.0241. The summed E-state index contributed by atoms with van der Waals surface area (Å²) < 4.78 is 6.58. The highest BCUT2D eigenvalue weighted by atomic mass is 16.5. The van der Waals surface area contributed by atoms with Gasteiger partial charge < -0.3 is 14.7 Å². The molecule has 2 heterocycles. The SMILES string of the molecule is C[C@H]1CN([C@@H](C)CO)C(=O)c2ccccc2-c2ccccc2CO[C@H]1CN(C)Cc1ccncc1. The van der Waals surface area contributed by atoms with Crippen molar-refractivity contribution in [2.75, 3.05) is 26.7 Å². The number of ether oxygens (including phenoxy) is 1. The molecule has 0 spiro atoms. The third-order valence-corrected chi connectivity index (χ3v) is 6.79. The number of nitrogens with zero attached hydrogens (tertiary/aromatic N) is 3. The van der Waals surface area contributed by atoms with Crippen LogP contribution in [0.3, 0.4) is 0 Å². The predicted octanol–water partition coefficient (Wildman–Crippen LogP) is 4.24. The number of rotatable bonds is 6. The van der Waals surface area contributed by atoms with Crippen molar-refractivity contribution in [3.05, 3.63) is 89.7 Å². The smallest absolute Gasteiger partial charge is 0.254 e. The summed E-state index contributed by atoms with van der Waals surface area (Å²) in [6, 6.07) is 19.6. The minimum atomic E-state index is -0.302. The van der Waals surface area contributed by atoms with E-state index in [4.69, 9.17) is 4.74 Å². The summed E-state index contributed by atoms with van der Waals surface area (Å²) in [5.74, 6) is -0.000132. The van der Waals surface area contributed by atoms with Crippen molar-refractivity contribution >= 4 is 5.91 Å². The zero-order valence-corrected chi connectivity index (χ0v) is 20.8. The fraction of sp³-hybridized carbons (Fsp3) is 0.379. The van der Waals surface area contributed by atoms with Crippen molar-refractivity contribution in [1.29, 1.82) is 0 Å². The fourth-order valence-corrected chi connectivity index (χ4v) is 4.72. The van der Waals surface area contributed by atoms with Gasteiger partial charge in [-0.3, -0.25) is 14.7 Å². The van der Waals surface area contributed by atoms with E-state index in [1.165, 1.54) is 5.56 Å². The first-order valence-corrected chi connectivity index (χ1v) is 12.3. The molecule has 3 atom stereocenters. The maximum Gasteiger partial charge on any atom is 0.254 e. The summed E-state index contributed by atoms with van der Waals surface area (Å²) >= 11 is 0. The Balaban J connectivity index is 1.68. The number of fused-ring (bicyclic) bond motifs is 3. The van der Waals surface area contributed by atoms with Crippen molar-refractivity contribution in [3.8, 4) is 11.1 Å². The number of aromatic nitrogens is 1. The number of hydrogen-bond donors (Lipinski definition) is 1. The molecular weight excluding hydrogens is 438 g/mol. The third kappa shape index (κ3) is 5.96. The van der Waals surface area contributed by atoms with Gasteiger partial charge in [0.15, 0.2) is 0 Å². The normalized spacial score (nSPS) is 19.6. The maximum absolute atomic E-state index is 13.9. The van der Waals surface area contributed by atoms with Crippen LogP contribution in [0.5, 0.6) is 0 Å². The van der Waals surface area contributed by atoms with Gasteiger partial charge in [-0.25, -0.2) is 0 Å². The molecule has 3 aromatic rings. The van der Waals surface area contributed by atoms with Crippen LogP contribution in [0.15, 0.2) is 73.1 Å². The quantitative estimate of drug-likeness (QED) is 0.580. The molecule has 1 N–H and O–H groups in total. The zero-order chi connectivity index (χ0) is 24.8. The van der Waals surface area contributed by atoms with Gasteiger partial charge in [0.2, 0.25) is 0 Å². The number of amides is 1. The van der Waals surface area contributed by atoms with E-state index in [-0.39, 0.29) is 30.6 Å². The van der Waals surface area contributed by atoms with E-state index in [9.17, 15) is 9.90 Å². The van der Waals surface area contributed by atoms with E-state index in [1.807, 2.05) is 67.8 Å². The van der Waals surface area contributed by atoms with E-state index in [0.717, 1.165) is 23.2 Å². The highest BCUT2D eigenvalue weighted by Crippen LogP contribution is 2.31. The van der Waals surface area contributed by atoms with Crippen LogP contribution in [0.1, 0.15) is 35.3 Å². The zero-order valence-electron chi connectivity index (χ0n) is 20.8. The number of hydrogen-bond acceptors (Lipinski definition) is 5. The van der Waals surface area contributed by atoms with E-state index in [1.54, 1.807) is 4.90 Å². The summed E-state index contributed by atoms with van der Waals surface area (Å²) in [6.07, 6.45) is 3.52. The molecule has 1 aromatic heterocycles. The molecule has 0 saturated carbocycles. The second-order valence-corrected chi connectivity index (χ2v) is 9.57. The molecule has 0 saturated heterocycles. The monoisotopic (exact) mass is 473 g/mol. The van der Waals surface area contributed by atoms with Gasteiger partial charge in [0.25, 0.3) is 5.91 Å². The Morgan fingerprint density at radius 1 is 1.06 bits per heavy atom. The second-order valence-electron chi connectivity index (χ2n) is 9.57. The molecule has 0 unspecified atom stereocenters. The van der Waals surface area contributed by atoms with Gasteiger partial charge in [0.05, 0.1) is 25.4 Å². The molecule has 1 amide bonds. The van der Waals surface area contributed by atoms with E-state index in [0.29, 0.717) is 25.3 Å². The molecule has 0 aliphatic carbocycles. The summed E-state index contributed by atoms with van der Waals surface area (Å²) in [5, 5.41) is 9.98. The fourth-order valence-electron chi connectivity index (χ4n) is 4.72. The Hall–Kier alpha value is -3.06. The summed E-state index contributed by atoms with van der Waals surface area (Å²) in [4.78, 5) is 22.0. The molecule has 184 valence electrons. The minimum absolute atomic E-state index is 0.0604. The van der Waals surface area contributed by atoms with Crippen molar-refractivity contribution in [2.45, 2.75) is 39.1 Å². The first-order chi connectivity index (χ1) is 17.0. The number of aliphatic hydroxyl groups excluding tert-OH is 1. The molecule has 35 heavy (non-hydrogen) atoms. The molecule has 1 aliphatic rings. The lowest BCUT2D eigenvalue weighted by Crippen LogP contribution is -2.47. The molecule has 4 rings (SSSR count). The van der Waals surface area contributed by atoms with Gasteiger partial charge in [-0.2, -0.15) is 0 Å². The molecule has 2 aromatic carbocycles. The molecule has 1 aliphatic heterocycles. The average Bonchev–Trinajstić information content (AvgIpc) is 2.90. The Morgan fingerprint density at radius 3 is 2.43 bits per heavy atom. The highest BCUT2D eigenvalue weighted by molar-refractivity contribution is 6.01. The molecule has 0 radical (unpaired) electrons. The second kappa shape index (κ2) is 11.6. The van der Waals surface area contributed by atoms with Crippen molar-refractivity contribution in [1.82, 2.24) is 14.8 Å². The third-order valence-electron chi connectivity index (χ3n) is 6.79. The van der Waals surface area contributed by atoms with Crippen LogP contribution in [-0.4, -0.2) is 64.7 Å². The Morgan fingerprint density at radius 2 is 1.71 bits per heavy atom. The predicted molar refractivity (Wildman–Crippen MR) is 138 cm³/mol. The van der Waals surface area contributed by atoms with Crippen LogP contribution in [0.25, 0.3) is 11.1 Å². The number of likely N-dealkylation sites (N-methyl/N-ethyl adjacent to an activating group) is 1. The number of benzene rings is 2. The largest absolute Gasteiger partial charge is 0.394 e. The number of carbonyl (C=O) groups is 1. The lowest BCUT2D eigenvalue weighted by atomic mass is 9.94. The van der Waals surface area contributed by atoms with Gasteiger partial charge in [0.1, 0.15) is 0 Å². The number of aliphatic hydroxyl groups is 1. The molecular formula is C29H35N3O3. The molecule has 6 nitrogen and oxygen atoms in total. The van der Waals surface area contributed by atoms with Crippen molar-refractivity contribution in [3.63, 3.8) is 0 Å². The van der Waals surface area contributed by atoms with Crippen molar-refractivity contribution in [2.24, 2.45) is 5.92 Å². The van der Waals surface area contributed by atoms with Crippen LogP contribution >= 0.6 is 0 Å². The van der Waals surface area contributed by atoms with Crippen LogP contribution in [0, 0.1) is 5.92 Å². The first-order valence-electron chi connectivity index (χ1n) is 12.3. The van der Waals surface area contributed by atoms with Gasteiger partial charge in [-0.05, 0) is 54.4 Å². The summed E-state index contributed by atoms with van der Waals surface area (Å²) in [6.45, 7) is 6.40. The van der Waals surface area contributed by atoms with Crippen LogP contribution in [0.4, 0.5) is 0 Å². The van der Waals surface area contributed by atoms with Crippen LogP contribution in [-0.2, 0) is 17.9 Å². The highest BCUT2D eigenvalue weighted by Gasteiger charge is 2.30. The maximum atomic E-state index is 13.9. The van der Waals surface area contributed by atoms with Gasteiger partial charge in [-0.15, -0.1) is 0 Å². The Bertz CT molecular complexity index is 1120. The first kappa shape index (κ1) is 25.0. The van der Waals surface area contributed by atoms with E-state index in [2.05, 4.69) is 36.0 Å². The molecule has 0 bridgehead atoms. The minimum Gasteiger partial charge on any atom is -0.394 e. The number of pyridine rings is 1. The molecule has 0 fully saturated rings. The van der Waals surface area contributed by atoms with Gasteiger partial charge in [-0.1, -0.05) is 49.4 Å². The Kier molecular flexibility index (Phi) is 8.29. The van der Waals surface area contributed by atoms with Crippen LogP contribution in [0.2, 0.25) is 0 Å². The van der Waals surface area contributed by atoms with Gasteiger partial charge >= 0.3 is 0 Å². The van der Waals surface area contributed by atoms with Gasteiger partial charge in [0, 0.05) is 43.5 Å². The topological polar surface area (TPSA) is 65.9 Å². The Labute approximate surface area is 208 Å². The average molecular weight is 474 g/mol. The molecule has 6 heteroatoms. The standard InChI is InChI=1S/C29H35N3O3/c1-21-16-32(22(2)19-33)29(34)27-11-7-6-10-26(27)25-9-5-4-8-24(25)20-35-28(21)18-31(3)17-23-12-14-30-15-13-23/h4-15,21-22,28,33H,16-20H2,1-3H3/t21-,22-,28-/m0/s1. The van der Waals surface area contributed by atoms with E-state index >= 15 is 0 Å². The van der Waals surface area contributed by atoms with E-state index < -0.39 is 0 Å². The lowest BCUT2D eigenvalue weighted by Gasteiger charge is -2.35. The summed E-state index contributed by atoms with van der Waals surface area (Å²) in [5.41, 5.74) is 4.81. The number of carbonyl (C=O) groups excluding carboxylic acids is 1. The summed E-state index contributed by atoms with van der Waals surface area (Å²) in [7, 11) is 2.09. The van der Waals surface area contributed by atoms with Crippen LogP contribution < -0.4 is 0 Å².